The van der Waals surface area contributed by atoms with Crippen molar-refractivity contribution in [2.45, 2.75) is 25.9 Å². The molecule has 0 bridgehead atoms. The maximum Gasteiger partial charge on any atom is 0.241 e. The molecule has 0 saturated carbocycles. The molecule has 1 N–H and O–H groups in total. The van der Waals surface area contributed by atoms with Gasteiger partial charge in [0.2, 0.25) is 5.91 Å². The molecule has 1 unspecified atom stereocenters. The van der Waals surface area contributed by atoms with Gasteiger partial charge in [-0.25, -0.2) is 0 Å². The zero-order chi connectivity index (χ0) is 17.8. The van der Waals surface area contributed by atoms with E-state index in [2.05, 4.69) is 28.4 Å². The second-order valence-corrected chi connectivity index (χ2v) is 6.22. The summed E-state index contributed by atoms with van der Waals surface area (Å²) in [5, 5.41) is 2.97. The predicted molar refractivity (Wildman–Crippen MR) is 98.2 cm³/mol. The van der Waals surface area contributed by atoms with Gasteiger partial charge in [0.25, 0.3) is 0 Å². The molecule has 0 radical (unpaired) electrons. The van der Waals surface area contributed by atoms with Gasteiger partial charge in [0.05, 0.1) is 25.9 Å². The van der Waals surface area contributed by atoms with Crippen LogP contribution in [-0.4, -0.2) is 37.6 Å². The monoisotopic (exact) mass is 340 g/mol. The van der Waals surface area contributed by atoms with Crippen LogP contribution in [0.4, 0.5) is 5.69 Å². The summed E-state index contributed by atoms with van der Waals surface area (Å²) in [6.07, 6.45) is 0.969. The van der Waals surface area contributed by atoms with Crippen LogP contribution in [0, 0.1) is 0 Å². The van der Waals surface area contributed by atoms with Crippen molar-refractivity contribution in [3.63, 3.8) is 0 Å². The summed E-state index contributed by atoms with van der Waals surface area (Å²) in [5.41, 5.74) is 3.30. The molecule has 1 heterocycles. The molecule has 1 aliphatic rings. The molecule has 3 rings (SSSR count). The second kappa shape index (κ2) is 7.57. The SMILES string of the molecule is COc1ccc(OC)c(NC(=O)C(C)N2CCc3ccccc3C2)c1. The van der Waals surface area contributed by atoms with Crippen LogP contribution < -0.4 is 14.8 Å². The van der Waals surface area contributed by atoms with E-state index in [1.807, 2.05) is 13.0 Å². The van der Waals surface area contributed by atoms with Crippen molar-refractivity contribution in [2.24, 2.45) is 0 Å². The molecule has 0 aliphatic carbocycles. The minimum Gasteiger partial charge on any atom is -0.497 e. The summed E-state index contributed by atoms with van der Waals surface area (Å²) in [5.74, 6) is 1.24. The highest BCUT2D eigenvalue weighted by Crippen LogP contribution is 2.29. The van der Waals surface area contributed by atoms with Gasteiger partial charge in [-0.3, -0.25) is 9.69 Å². The van der Waals surface area contributed by atoms with Crippen LogP contribution in [0.1, 0.15) is 18.1 Å². The standard InChI is InChI=1S/C20H24N2O3/c1-14(22-11-10-15-6-4-5-7-16(15)13-22)20(23)21-18-12-17(24-2)8-9-19(18)25-3/h4-9,12,14H,10-11,13H2,1-3H3,(H,21,23). The van der Waals surface area contributed by atoms with Crippen molar-refractivity contribution < 1.29 is 14.3 Å². The van der Waals surface area contributed by atoms with Gasteiger partial charge in [-0.2, -0.15) is 0 Å². The number of ether oxygens (including phenoxy) is 2. The second-order valence-electron chi connectivity index (χ2n) is 6.22. The van der Waals surface area contributed by atoms with Gasteiger partial charge < -0.3 is 14.8 Å². The Morgan fingerprint density at radius 1 is 1.12 bits per heavy atom. The maximum absolute atomic E-state index is 12.7. The smallest absolute Gasteiger partial charge is 0.241 e. The van der Waals surface area contributed by atoms with Crippen molar-refractivity contribution in [2.75, 3.05) is 26.1 Å². The highest BCUT2D eigenvalue weighted by atomic mass is 16.5. The molecule has 132 valence electrons. The van der Waals surface area contributed by atoms with Gasteiger partial charge in [0.15, 0.2) is 0 Å². The fourth-order valence-corrected chi connectivity index (χ4v) is 3.16. The van der Waals surface area contributed by atoms with Crippen LogP contribution in [0.15, 0.2) is 42.5 Å². The predicted octanol–water partition coefficient (Wildman–Crippen LogP) is 3.09. The lowest BCUT2D eigenvalue weighted by Crippen LogP contribution is -2.44. The molecule has 0 saturated heterocycles. The first-order chi connectivity index (χ1) is 12.1. The van der Waals surface area contributed by atoms with Crippen molar-refractivity contribution in [3.05, 3.63) is 53.6 Å². The van der Waals surface area contributed by atoms with Crippen LogP contribution in [-0.2, 0) is 17.8 Å². The van der Waals surface area contributed by atoms with Crippen LogP contribution in [0.2, 0.25) is 0 Å². The Bertz CT molecular complexity index is 760. The zero-order valence-corrected chi connectivity index (χ0v) is 14.9. The summed E-state index contributed by atoms with van der Waals surface area (Å²) < 4.78 is 10.6. The lowest BCUT2D eigenvalue weighted by Gasteiger charge is -2.33. The third kappa shape index (κ3) is 3.77. The Kier molecular flexibility index (Phi) is 5.24. The average molecular weight is 340 g/mol. The van der Waals surface area contributed by atoms with E-state index in [9.17, 15) is 4.79 Å². The van der Waals surface area contributed by atoms with E-state index in [1.165, 1.54) is 11.1 Å². The molecule has 5 heteroatoms. The third-order valence-corrected chi connectivity index (χ3v) is 4.75. The van der Waals surface area contributed by atoms with Crippen LogP contribution >= 0.6 is 0 Å². The molecule has 1 atom stereocenters. The number of nitrogens with zero attached hydrogens (tertiary/aromatic N) is 1. The highest BCUT2D eigenvalue weighted by molar-refractivity contribution is 5.96. The first-order valence-corrected chi connectivity index (χ1v) is 8.46. The van der Waals surface area contributed by atoms with Crippen LogP contribution in [0.25, 0.3) is 0 Å². The minimum atomic E-state index is -0.232. The molecular formula is C20H24N2O3. The van der Waals surface area contributed by atoms with Crippen LogP contribution in [0.5, 0.6) is 11.5 Å². The number of methoxy groups -OCH3 is 2. The molecule has 0 aromatic heterocycles. The maximum atomic E-state index is 12.7. The van der Waals surface area contributed by atoms with E-state index in [0.29, 0.717) is 17.2 Å². The number of hydrogen-bond acceptors (Lipinski definition) is 4. The number of nitrogens with one attached hydrogen (secondary N) is 1. The molecular weight excluding hydrogens is 316 g/mol. The van der Waals surface area contributed by atoms with E-state index in [-0.39, 0.29) is 11.9 Å². The van der Waals surface area contributed by atoms with E-state index in [4.69, 9.17) is 9.47 Å². The third-order valence-electron chi connectivity index (χ3n) is 4.75. The Morgan fingerprint density at radius 3 is 2.60 bits per heavy atom. The van der Waals surface area contributed by atoms with Gasteiger partial charge in [-0.05, 0) is 36.6 Å². The van der Waals surface area contributed by atoms with Gasteiger partial charge in [0, 0.05) is 19.2 Å². The topological polar surface area (TPSA) is 50.8 Å². The summed E-state index contributed by atoms with van der Waals surface area (Å²) >= 11 is 0. The number of rotatable bonds is 5. The number of hydrogen-bond donors (Lipinski definition) is 1. The molecule has 2 aromatic carbocycles. The molecule has 5 nitrogen and oxygen atoms in total. The zero-order valence-electron chi connectivity index (χ0n) is 14.9. The van der Waals surface area contributed by atoms with Crippen LogP contribution in [0.3, 0.4) is 0 Å². The van der Waals surface area contributed by atoms with Gasteiger partial charge in [-0.15, -0.1) is 0 Å². The van der Waals surface area contributed by atoms with E-state index < -0.39 is 0 Å². The molecule has 0 spiro atoms. The number of carbonyl (C=O) groups is 1. The lowest BCUT2D eigenvalue weighted by molar-refractivity contribution is -0.121. The quantitative estimate of drug-likeness (QED) is 0.909. The first kappa shape index (κ1) is 17.3. The van der Waals surface area contributed by atoms with Crippen molar-refractivity contribution in [1.82, 2.24) is 4.90 Å². The summed E-state index contributed by atoms with van der Waals surface area (Å²) in [6, 6.07) is 13.6. The Hall–Kier alpha value is -2.53. The van der Waals surface area contributed by atoms with Crippen molar-refractivity contribution in [1.29, 1.82) is 0 Å². The molecule has 0 fully saturated rings. The molecule has 2 aromatic rings. The largest absolute Gasteiger partial charge is 0.497 e. The van der Waals surface area contributed by atoms with Crippen molar-refractivity contribution >= 4 is 11.6 Å². The molecule has 1 amide bonds. The Labute approximate surface area is 148 Å². The minimum absolute atomic E-state index is 0.0501. The summed E-state index contributed by atoms with van der Waals surface area (Å²) in [4.78, 5) is 14.9. The van der Waals surface area contributed by atoms with Gasteiger partial charge in [0.1, 0.15) is 11.5 Å². The summed E-state index contributed by atoms with van der Waals surface area (Å²) in [6.45, 7) is 3.61. The van der Waals surface area contributed by atoms with E-state index in [0.717, 1.165) is 19.5 Å². The van der Waals surface area contributed by atoms with Crippen molar-refractivity contribution in [3.8, 4) is 11.5 Å². The summed E-state index contributed by atoms with van der Waals surface area (Å²) in [7, 11) is 3.18. The number of fused-ring (bicyclic) bond motifs is 1. The number of carbonyl (C=O) groups excluding carboxylic acids is 1. The number of amides is 1. The number of anilines is 1. The van der Waals surface area contributed by atoms with Gasteiger partial charge in [-0.1, -0.05) is 24.3 Å². The first-order valence-electron chi connectivity index (χ1n) is 8.46. The number of benzene rings is 2. The highest BCUT2D eigenvalue weighted by Gasteiger charge is 2.25. The lowest BCUT2D eigenvalue weighted by atomic mass is 9.99. The van der Waals surface area contributed by atoms with Gasteiger partial charge >= 0.3 is 0 Å². The van der Waals surface area contributed by atoms with E-state index >= 15 is 0 Å². The molecule has 1 aliphatic heterocycles. The average Bonchev–Trinajstić information content (AvgIpc) is 2.66. The fourth-order valence-electron chi connectivity index (χ4n) is 3.16. The Morgan fingerprint density at radius 2 is 1.88 bits per heavy atom. The molecule has 25 heavy (non-hydrogen) atoms. The van der Waals surface area contributed by atoms with E-state index in [1.54, 1.807) is 32.4 Å². The normalized spacial score (nSPS) is 15.2. The fraction of sp³-hybridized carbons (Fsp3) is 0.350. The Balaban J connectivity index is 1.71.